The Morgan fingerprint density at radius 2 is 1.85 bits per heavy atom. The molecule has 0 heterocycles. The smallest absolute Gasteiger partial charge is 0.123 e. The van der Waals surface area contributed by atoms with Crippen LogP contribution in [0.5, 0.6) is 5.75 Å². The van der Waals surface area contributed by atoms with Gasteiger partial charge in [-0.3, -0.25) is 0 Å². The van der Waals surface area contributed by atoms with Gasteiger partial charge in [0.1, 0.15) is 5.75 Å². The van der Waals surface area contributed by atoms with Gasteiger partial charge in [-0.05, 0) is 38.1 Å². The lowest BCUT2D eigenvalue weighted by molar-refractivity contribution is 0.405. The number of para-hydroxylation sites is 1. The van der Waals surface area contributed by atoms with Gasteiger partial charge in [0.15, 0.2) is 0 Å². The van der Waals surface area contributed by atoms with Gasteiger partial charge in [0.2, 0.25) is 0 Å². The van der Waals surface area contributed by atoms with Crippen molar-refractivity contribution in [2.75, 3.05) is 12.8 Å². The van der Waals surface area contributed by atoms with Crippen LogP contribution in [0.3, 0.4) is 0 Å². The number of rotatable bonds is 4. The molecule has 2 nitrogen and oxygen atoms in total. The maximum atomic E-state index is 5.96. The number of ether oxygens (including phenoxy) is 1. The van der Waals surface area contributed by atoms with Crippen molar-refractivity contribution in [3.8, 4) is 5.75 Å². The van der Waals surface area contributed by atoms with E-state index in [-0.39, 0.29) is 4.75 Å². The minimum absolute atomic E-state index is 0.132. The second-order valence-corrected chi connectivity index (χ2v) is 7.10. The van der Waals surface area contributed by atoms with Crippen molar-refractivity contribution in [2.45, 2.75) is 23.5 Å². The average Bonchev–Trinajstić information content (AvgIpc) is 2.42. The third-order valence-electron chi connectivity index (χ3n) is 3.10. The normalized spacial score (nSPS) is 11.4. The topological polar surface area (TPSA) is 35.2 Å². The van der Waals surface area contributed by atoms with Crippen molar-refractivity contribution in [3.63, 3.8) is 0 Å². The van der Waals surface area contributed by atoms with E-state index in [1.165, 1.54) is 0 Å². The SMILES string of the molecule is COc1ccccc1C(C)(C)Sc1ccc(Cl)c(N)c1. The van der Waals surface area contributed by atoms with Gasteiger partial charge in [0.25, 0.3) is 0 Å². The lowest BCUT2D eigenvalue weighted by atomic mass is 10.0. The highest BCUT2D eigenvalue weighted by Crippen LogP contribution is 2.45. The van der Waals surface area contributed by atoms with E-state index in [4.69, 9.17) is 22.1 Å². The van der Waals surface area contributed by atoms with Crippen LogP contribution in [0, 0.1) is 0 Å². The third kappa shape index (κ3) is 3.22. The number of halogens is 1. The molecule has 2 aromatic carbocycles. The molecule has 0 radical (unpaired) electrons. The summed E-state index contributed by atoms with van der Waals surface area (Å²) in [6, 6.07) is 13.8. The molecule has 2 N–H and O–H groups in total. The predicted molar refractivity (Wildman–Crippen MR) is 87.7 cm³/mol. The van der Waals surface area contributed by atoms with Crippen LogP contribution < -0.4 is 10.5 Å². The molecule has 0 saturated heterocycles. The first-order valence-corrected chi connectivity index (χ1v) is 7.51. The molecule has 0 aliphatic carbocycles. The Balaban J connectivity index is 2.32. The van der Waals surface area contributed by atoms with Gasteiger partial charge in [-0.25, -0.2) is 0 Å². The molecule has 0 fully saturated rings. The number of thioether (sulfide) groups is 1. The van der Waals surface area contributed by atoms with Crippen LogP contribution in [0.4, 0.5) is 5.69 Å². The quantitative estimate of drug-likeness (QED) is 0.640. The number of hydrogen-bond acceptors (Lipinski definition) is 3. The summed E-state index contributed by atoms with van der Waals surface area (Å²) < 4.78 is 5.32. The largest absolute Gasteiger partial charge is 0.496 e. The van der Waals surface area contributed by atoms with E-state index < -0.39 is 0 Å². The minimum Gasteiger partial charge on any atom is -0.496 e. The fraction of sp³-hybridized carbons (Fsp3) is 0.250. The zero-order valence-corrected chi connectivity index (χ0v) is 13.4. The first kappa shape index (κ1) is 15.1. The van der Waals surface area contributed by atoms with Gasteiger partial charge in [0.05, 0.1) is 17.8 Å². The number of nitrogen functional groups attached to an aromatic ring is 1. The zero-order chi connectivity index (χ0) is 14.8. The van der Waals surface area contributed by atoms with Crippen molar-refractivity contribution in [3.05, 3.63) is 53.1 Å². The van der Waals surface area contributed by atoms with Crippen LogP contribution >= 0.6 is 23.4 Å². The molecule has 106 valence electrons. The first-order valence-electron chi connectivity index (χ1n) is 6.31. The molecule has 0 bridgehead atoms. The molecule has 0 atom stereocenters. The highest BCUT2D eigenvalue weighted by atomic mass is 35.5. The van der Waals surface area contributed by atoms with Crippen molar-refractivity contribution >= 4 is 29.1 Å². The first-order chi connectivity index (χ1) is 9.44. The van der Waals surface area contributed by atoms with Crippen LogP contribution in [-0.4, -0.2) is 7.11 Å². The monoisotopic (exact) mass is 307 g/mol. The number of benzene rings is 2. The fourth-order valence-electron chi connectivity index (χ4n) is 2.08. The summed E-state index contributed by atoms with van der Waals surface area (Å²) in [5, 5.41) is 0.587. The van der Waals surface area contributed by atoms with E-state index in [0.29, 0.717) is 10.7 Å². The maximum Gasteiger partial charge on any atom is 0.123 e. The molecular formula is C16H18ClNOS. The number of nitrogens with two attached hydrogens (primary N) is 1. The lowest BCUT2D eigenvalue weighted by Crippen LogP contribution is -2.13. The Labute approximate surface area is 129 Å². The van der Waals surface area contributed by atoms with Crippen LogP contribution in [0.15, 0.2) is 47.4 Å². The van der Waals surface area contributed by atoms with Crippen LogP contribution in [0.25, 0.3) is 0 Å². The second kappa shape index (κ2) is 5.98. The summed E-state index contributed by atoms with van der Waals surface area (Å²) >= 11 is 7.70. The molecule has 2 rings (SSSR count). The van der Waals surface area contributed by atoms with Gasteiger partial charge in [-0.2, -0.15) is 0 Å². The number of hydrogen-bond donors (Lipinski definition) is 1. The Hall–Kier alpha value is -1.32. The summed E-state index contributed by atoms with van der Waals surface area (Å²) in [4.78, 5) is 1.09. The lowest BCUT2D eigenvalue weighted by Gasteiger charge is -2.26. The summed E-state index contributed by atoms with van der Waals surface area (Å²) in [5.41, 5.74) is 7.62. The van der Waals surface area contributed by atoms with Gasteiger partial charge in [-0.15, -0.1) is 11.8 Å². The number of anilines is 1. The third-order valence-corrected chi connectivity index (χ3v) is 4.66. The van der Waals surface area contributed by atoms with E-state index in [9.17, 15) is 0 Å². The second-order valence-electron chi connectivity index (χ2n) is 5.00. The molecule has 0 unspecified atom stereocenters. The Morgan fingerprint density at radius 1 is 1.15 bits per heavy atom. The van der Waals surface area contributed by atoms with Crippen LogP contribution in [0.1, 0.15) is 19.4 Å². The fourth-order valence-corrected chi connectivity index (χ4v) is 3.38. The van der Waals surface area contributed by atoms with Crippen LogP contribution in [-0.2, 0) is 4.75 Å². The van der Waals surface area contributed by atoms with Gasteiger partial charge < -0.3 is 10.5 Å². The van der Waals surface area contributed by atoms with Gasteiger partial charge >= 0.3 is 0 Å². The maximum absolute atomic E-state index is 5.96. The molecule has 0 saturated carbocycles. The molecule has 0 aliphatic rings. The number of methoxy groups -OCH3 is 1. The Bertz CT molecular complexity index is 613. The highest BCUT2D eigenvalue weighted by molar-refractivity contribution is 8.00. The van der Waals surface area contributed by atoms with E-state index >= 15 is 0 Å². The van der Waals surface area contributed by atoms with Gasteiger partial charge in [0, 0.05) is 15.2 Å². The van der Waals surface area contributed by atoms with Crippen molar-refractivity contribution in [2.24, 2.45) is 0 Å². The summed E-state index contributed by atoms with van der Waals surface area (Å²) in [5.74, 6) is 0.895. The molecule has 4 heteroatoms. The molecular weight excluding hydrogens is 290 g/mol. The molecule has 20 heavy (non-hydrogen) atoms. The van der Waals surface area contributed by atoms with Crippen molar-refractivity contribution in [1.82, 2.24) is 0 Å². The highest BCUT2D eigenvalue weighted by Gasteiger charge is 2.25. The van der Waals surface area contributed by atoms with Gasteiger partial charge in [-0.1, -0.05) is 29.8 Å². The van der Waals surface area contributed by atoms with E-state index in [1.54, 1.807) is 18.9 Å². The summed E-state index contributed by atoms with van der Waals surface area (Å²) in [6.07, 6.45) is 0. The summed E-state index contributed by atoms with van der Waals surface area (Å²) in [6.45, 7) is 4.33. The van der Waals surface area contributed by atoms with Crippen LogP contribution in [0.2, 0.25) is 5.02 Å². The Morgan fingerprint density at radius 3 is 2.50 bits per heavy atom. The minimum atomic E-state index is -0.132. The van der Waals surface area contributed by atoms with E-state index in [1.807, 2.05) is 36.4 Å². The molecule has 0 amide bonds. The molecule has 0 aliphatic heterocycles. The van der Waals surface area contributed by atoms with Crippen molar-refractivity contribution < 1.29 is 4.74 Å². The van der Waals surface area contributed by atoms with Crippen molar-refractivity contribution in [1.29, 1.82) is 0 Å². The molecule has 0 aromatic heterocycles. The molecule has 2 aromatic rings. The summed E-state index contributed by atoms with van der Waals surface area (Å²) in [7, 11) is 1.69. The average molecular weight is 308 g/mol. The zero-order valence-electron chi connectivity index (χ0n) is 11.8. The van der Waals surface area contributed by atoms with E-state index in [0.717, 1.165) is 16.2 Å². The Kier molecular flexibility index (Phi) is 4.51. The molecule has 0 spiro atoms. The van der Waals surface area contributed by atoms with E-state index in [2.05, 4.69) is 19.9 Å². The standard InChI is InChI=1S/C16H18ClNOS/c1-16(2,12-6-4-5-7-15(12)19-3)20-11-8-9-13(17)14(18)10-11/h4-10H,18H2,1-3H3. The predicted octanol–water partition coefficient (Wildman–Crippen LogP) is 4.96.